The highest BCUT2D eigenvalue weighted by molar-refractivity contribution is 5.92. The summed E-state index contributed by atoms with van der Waals surface area (Å²) in [7, 11) is 3.23. The summed E-state index contributed by atoms with van der Waals surface area (Å²) < 4.78 is 16.5. The number of carbonyl (C=O) groups is 1. The second-order valence-corrected chi connectivity index (χ2v) is 6.14. The first kappa shape index (κ1) is 19.3. The van der Waals surface area contributed by atoms with Crippen molar-refractivity contribution >= 4 is 11.6 Å². The molecule has 1 amide bonds. The van der Waals surface area contributed by atoms with Gasteiger partial charge in [0.1, 0.15) is 17.2 Å². The van der Waals surface area contributed by atoms with Crippen LogP contribution in [0.2, 0.25) is 0 Å². The number of amides is 1. The molecule has 28 heavy (non-hydrogen) atoms. The summed E-state index contributed by atoms with van der Waals surface area (Å²) in [5, 5.41) is 2.93. The van der Waals surface area contributed by atoms with Crippen LogP contribution in [0.5, 0.6) is 23.0 Å². The summed E-state index contributed by atoms with van der Waals surface area (Å²) >= 11 is 0. The van der Waals surface area contributed by atoms with Crippen molar-refractivity contribution in [2.24, 2.45) is 0 Å². The van der Waals surface area contributed by atoms with Crippen LogP contribution < -0.4 is 19.5 Å². The molecule has 5 nitrogen and oxygen atoms in total. The van der Waals surface area contributed by atoms with Crippen LogP contribution >= 0.6 is 0 Å². The minimum absolute atomic E-state index is 0.103. The van der Waals surface area contributed by atoms with Crippen molar-refractivity contribution in [1.29, 1.82) is 0 Å². The number of hydrogen-bond acceptors (Lipinski definition) is 4. The maximum atomic E-state index is 12.5. The van der Waals surface area contributed by atoms with Gasteiger partial charge in [0.2, 0.25) is 5.91 Å². The van der Waals surface area contributed by atoms with Crippen molar-refractivity contribution < 1.29 is 19.0 Å². The molecule has 0 spiro atoms. The van der Waals surface area contributed by atoms with Gasteiger partial charge in [-0.25, -0.2) is 0 Å². The van der Waals surface area contributed by atoms with E-state index in [9.17, 15) is 4.79 Å². The maximum absolute atomic E-state index is 12.5. The first-order valence-corrected chi connectivity index (χ1v) is 9.02. The van der Waals surface area contributed by atoms with Gasteiger partial charge in [0.05, 0.1) is 19.9 Å². The first-order valence-electron chi connectivity index (χ1n) is 9.02. The molecule has 0 fully saturated rings. The fourth-order valence-corrected chi connectivity index (χ4v) is 2.81. The van der Waals surface area contributed by atoms with Crippen LogP contribution in [0.4, 0.5) is 5.69 Å². The average Bonchev–Trinajstić information content (AvgIpc) is 2.74. The van der Waals surface area contributed by atoms with Gasteiger partial charge in [-0.05, 0) is 54.4 Å². The number of hydrogen-bond donors (Lipinski definition) is 1. The van der Waals surface area contributed by atoms with E-state index in [1.807, 2.05) is 72.8 Å². The predicted octanol–water partition coefficient (Wildman–Crippen LogP) is 5.07. The first-order chi connectivity index (χ1) is 13.7. The van der Waals surface area contributed by atoms with E-state index in [2.05, 4.69) is 5.32 Å². The van der Waals surface area contributed by atoms with Gasteiger partial charge in [-0.15, -0.1) is 0 Å². The number of aryl methyl sites for hydroxylation is 1. The number of rotatable bonds is 8. The summed E-state index contributed by atoms with van der Waals surface area (Å²) in [6, 6.07) is 22.4. The Morgan fingerprint density at radius 3 is 2.32 bits per heavy atom. The molecule has 0 aliphatic heterocycles. The highest BCUT2D eigenvalue weighted by atomic mass is 16.5. The van der Waals surface area contributed by atoms with E-state index in [-0.39, 0.29) is 5.91 Å². The number of benzene rings is 3. The van der Waals surface area contributed by atoms with E-state index in [1.54, 1.807) is 14.2 Å². The lowest BCUT2D eigenvalue weighted by atomic mass is 10.1. The Balaban J connectivity index is 1.66. The van der Waals surface area contributed by atoms with Gasteiger partial charge in [-0.3, -0.25) is 4.79 Å². The summed E-state index contributed by atoms with van der Waals surface area (Å²) in [5.74, 6) is 2.68. The SMILES string of the molecule is COc1ccc(OC)c(CCC(=O)Nc2ccccc2Oc2ccccc2)c1. The topological polar surface area (TPSA) is 56.8 Å². The Bertz CT molecular complexity index is 925. The van der Waals surface area contributed by atoms with Gasteiger partial charge >= 0.3 is 0 Å². The van der Waals surface area contributed by atoms with Crippen LogP contribution in [0.25, 0.3) is 0 Å². The molecule has 3 aromatic rings. The number of nitrogens with one attached hydrogen (secondary N) is 1. The Labute approximate surface area is 164 Å². The van der Waals surface area contributed by atoms with Gasteiger partial charge in [0.15, 0.2) is 5.75 Å². The third-order valence-electron chi connectivity index (χ3n) is 4.24. The minimum Gasteiger partial charge on any atom is -0.497 e. The van der Waals surface area contributed by atoms with Gasteiger partial charge < -0.3 is 19.5 Å². The number of methoxy groups -OCH3 is 2. The zero-order valence-electron chi connectivity index (χ0n) is 16.0. The molecule has 0 aromatic heterocycles. The summed E-state index contributed by atoms with van der Waals surface area (Å²) in [6.07, 6.45) is 0.844. The third-order valence-corrected chi connectivity index (χ3v) is 4.24. The van der Waals surface area contributed by atoms with Crippen molar-refractivity contribution in [2.75, 3.05) is 19.5 Å². The van der Waals surface area contributed by atoms with Crippen LogP contribution in [0.1, 0.15) is 12.0 Å². The van der Waals surface area contributed by atoms with E-state index in [0.717, 1.165) is 17.1 Å². The van der Waals surface area contributed by atoms with Gasteiger partial charge in [0, 0.05) is 6.42 Å². The molecular formula is C23H23NO4. The van der Waals surface area contributed by atoms with E-state index in [1.165, 1.54) is 0 Å². The second-order valence-electron chi connectivity index (χ2n) is 6.14. The van der Waals surface area contributed by atoms with Crippen molar-refractivity contribution in [3.05, 3.63) is 78.4 Å². The number of para-hydroxylation sites is 3. The van der Waals surface area contributed by atoms with Crippen molar-refractivity contribution in [2.45, 2.75) is 12.8 Å². The lowest BCUT2D eigenvalue weighted by Crippen LogP contribution is -2.13. The van der Waals surface area contributed by atoms with Gasteiger partial charge in [-0.1, -0.05) is 30.3 Å². The van der Waals surface area contributed by atoms with Gasteiger partial charge in [-0.2, -0.15) is 0 Å². The summed E-state index contributed by atoms with van der Waals surface area (Å²) in [5.41, 5.74) is 1.56. The van der Waals surface area contributed by atoms with Crippen molar-refractivity contribution in [3.63, 3.8) is 0 Å². The average molecular weight is 377 g/mol. The van der Waals surface area contributed by atoms with Crippen molar-refractivity contribution in [3.8, 4) is 23.0 Å². The van der Waals surface area contributed by atoms with Crippen LogP contribution in [0.3, 0.4) is 0 Å². The monoisotopic (exact) mass is 377 g/mol. The van der Waals surface area contributed by atoms with E-state index in [4.69, 9.17) is 14.2 Å². The third kappa shape index (κ3) is 5.04. The lowest BCUT2D eigenvalue weighted by Gasteiger charge is -2.13. The molecule has 0 heterocycles. The normalized spacial score (nSPS) is 10.2. The Hall–Kier alpha value is -3.47. The van der Waals surface area contributed by atoms with Crippen LogP contribution in [0.15, 0.2) is 72.8 Å². The highest BCUT2D eigenvalue weighted by Gasteiger charge is 2.11. The number of anilines is 1. The zero-order valence-corrected chi connectivity index (χ0v) is 16.0. The van der Waals surface area contributed by atoms with Crippen LogP contribution in [-0.2, 0) is 11.2 Å². The van der Waals surface area contributed by atoms with E-state index in [0.29, 0.717) is 30.0 Å². The van der Waals surface area contributed by atoms with E-state index < -0.39 is 0 Å². The maximum Gasteiger partial charge on any atom is 0.224 e. The fourth-order valence-electron chi connectivity index (χ4n) is 2.81. The fraction of sp³-hybridized carbons (Fsp3) is 0.174. The number of carbonyl (C=O) groups excluding carboxylic acids is 1. The molecular weight excluding hydrogens is 354 g/mol. The standard InChI is InChI=1S/C23H23NO4/c1-26-19-13-14-21(27-2)17(16-19)12-15-23(25)24-20-10-6-7-11-22(20)28-18-8-4-3-5-9-18/h3-11,13-14,16H,12,15H2,1-2H3,(H,24,25). The molecule has 1 N–H and O–H groups in total. The second kappa shape index (κ2) is 9.46. The highest BCUT2D eigenvalue weighted by Crippen LogP contribution is 2.30. The van der Waals surface area contributed by atoms with E-state index >= 15 is 0 Å². The zero-order chi connectivity index (χ0) is 19.8. The molecule has 0 aliphatic carbocycles. The molecule has 0 atom stereocenters. The molecule has 0 saturated carbocycles. The van der Waals surface area contributed by atoms with Crippen LogP contribution in [0, 0.1) is 0 Å². The Kier molecular flexibility index (Phi) is 6.52. The smallest absolute Gasteiger partial charge is 0.224 e. The molecule has 3 rings (SSSR count). The van der Waals surface area contributed by atoms with Crippen LogP contribution in [-0.4, -0.2) is 20.1 Å². The molecule has 0 radical (unpaired) electrons. The Morgan fingerprint density at radius 2 is 1.57 bits per heavy atom. The molecule has 0 bridgehead atoms. The molecule has 5 heteroatoms. The quantitative estimate of drug-likeness (QED) is 0.596. The minimum atomic E-state index is -0.103. The number of ether oxygens (including phenoxy) is 3. The molecule has 3 aromatic carbocycles. The molecule has 0 aliphatic rings. The molecule has 0 unspecified atom stereocenters. The molecule has 0 saturated heterocycles. The summed E-state index contributed by atoms with van der Waals surface area (Å²) in [6.45, 7) is 0. The predicted molar refractivity (Wildman–Crippen MR) is 109 cm³/mol. The van der Waals surface area contributed by atoms with Crippen molar-refractivity contribution in [1.82, 2.24) is 0 Å². The lowest BCUT2D eigenvalue weighted by molar-refractivity contribution is -0.116. The largest absolute Gasteiger partial charge is 0.497 e. The summed E-state index contributed by atoms with van der Waals surface area (Å²) in [4.78, 5) is 12.5. The molecule has 144 valence electrons. The Morgan fingerprint density at radius 1 is 0.821 bits per heavy atom. The van der Waals surface area contributed by atoms with Gasteiger partial charge in [0.25, 0.3) is 0 Å².